The summed E-state index contributed by atoms with van der Waals surface area (Å²) in [6.45, 7) is 4.10. The number of carbonyl (C=O) groups is 1. The monoisotopic (exact) mass is 384 g/mol. The van der Waals surface area contributed by atoms with Crippen molar-refractivity contribution in [3.05, 3.63) is 56.8 Å². The molecule has 2 aromatic rings. The standard InChI is InChI=1S/C16H15BrClFN2O/c1-8(2)9-5-3-4-6-11(9)21-12-7-10(17)14(18)15(19)13(12)16(20)22/h3-8,21H,1-2H3,(H2,20,22). The van der Waals surface area contributed by atoms with Crippen molar-refractivity contribution in [1.29, 1.82) is 0 Å². The van der Waals surface area contributed by atoms with Gasteiger partial charge in [-0.3, -0.25) is 4.79 Å². The molecule has 2 aromatic carbocycles. The molecule has 0 bridgehead atoms. The first kappa shape index (κ1) is 16.8. The minimum atomic E-state index is -0.878. The van der Waals surface area contributed by atoms with Gasteiger partial charge < -0.3 is 11.1 Å². The fourth-order valence-electron chi connectivity index (χ4n) is 2.19. The zero-order chi connectivity index (χ0) is 16.4. The number of hydrogen-bond donors (Lipinski definition) is 2. The van der Waals surface area contributed by atoms with E-state index in [1.165, 1.54) is 0 Å². The summed E-state index contributed by atoms with van der Waals surface area (Å²) in [4.78, 5) is 11.6. The largest absolute Gasteiger partial charge is 0.365 e. The topological polar surface area (TPSA) is 55.1 Å². The average molecular weight is 386 g/mol. The van der Waals surface area contributed by atoms with Crippen molar-refractivity contribution in [3.63, 3.8) is 0 Å². The van der Waals surface area contributed by atoms with Crippen molar-refractivity contribution in [1.82, 2.24) is 0 Å². The average Bonchev–Trinajstić information content (AvgIpc) is 2.45. The Kier molecular flexibility index (Phi) is 5.08. The van der Waals surface area contributed by atoms with Gasteiger partial charge in [0.25, 0.3) is 5.91 Å². The molecule has 0 atom stereocenters. The smallest absolute Gasteiger partial charge is 0.253 e. The molecule has 0 radical (unpaired) electrons. The normalized spacial score (nSPS) is 10.8. The van der Waals surface area contributed by atoms with E-state index in [4.69, 9.17) is 17.3 Å². The first-order chi connectivity index (χ1) is 10.3. The molecule has 0 unspecified atom stereocenters. The van der Waals surface area contributed by atoms with Gasteiger partial charge in [-0.1, -0.05) is 43.6 Å². The molecule has 0 aliphatic heterocycles. The Balaban J connectivity index is 2.57. The van der Waals surface area contributed by atoms with Crippen LogP contribution in [0, 0.1) is 5.82 Å². The summed E-state index contributed by atoms with van der Waals surface area (Å²) in [5.41, 5.74) is 7.14. The molecule has 3 N–H and O–H groups in total. The van der Waals surface area contributed by atoms with E-state index in [1.54, 1.807) is 6.07 Å². The van der Waals surface area contributed by atoms with Crippen LogP contribution in [0.1, 0.15) is 35.7 Å². The van der Waals surface area contributed by atoms with Crippen LogP contribution in [-0.2, 0) is 0 Å². The van der Waals surface area contributed by atoms with E-state index in [0.29, 0.717) is 4.47 Å². The van der Waals surface area contributed by atoms with Crippen LogP contribution in [0.2, 0.25) is 5.02 Å². The lowest BCUT2D eigenvalue weighted by molar-refractivity contribution is 0.0997. The molecule has 22 heavy (non-hydrogen) atoms. The molecular weight excluding hydrogens is 371 g/mol. The number of rotatable bonds is 4. The summed E-state index contributed by atoms with van der Waals surface area (Å²) in [6.07, 6.45) is 0. The minimum Gasteiger partial charge on any atom is -0.365 e. The van der Waals surface area contributed by atoms with Gasteiger partial charge in [-0.15, -0.1) is 0 Å². The molecule has 0 aromatic heterocycles. The van der Waals surface area contributed by atoms with Crippen LogP contribution < -0.4 is 11.1 Å². The highest BCUT2D eigenvalue weighted by Crippen LogP contribution is 2.35. The zero-order valence-corrected chi connectivity index (χ0v) is 14.4. The number of para-hydroxylation sites is 1. The third-order valence-corrected chi connectivity index (χ3v) is 4.48. The van der Waals surface area contributed by atoms with Crippen LogP contribution >= 0.6 is 27.5 Å². The summed E-state index contributed by atoms with van der Waals surface area (Å²) in [7, 11) is 0. The summed E-state index contributed by atoms with van der Waals surface area (Å²) >= 11 is 9.00. The van der Waals surface area contributed by atoms with Gasteiger partial charge in [0.05, 0.1) is 16.3 Å². The Labute approximate surface area is 141 Å². The summed E-state index contributed by atoms with van der Waals surface area (Å²) in [5.74, 6) is -1.45. The van der Waals surface area contributed by atoms with Gasteiger partial charge in [-0.2, -0.15) is 0 Å². The lowest BCUT2D eigenvalue weighted by Gasteiger charge is -2.17. The van der Waals surface area contributed by atoms with E-state index < -0.39 is 11.7 Å². The highest BCUT2D eigenvalue weighted by atomic mass is 79.9. The summed E-state index contributed by atoms with van der Waals surface area (Å²) in [6, 6.07) is 9.16. The zero-order valence-electron chi connectivity index (χ0n) is 12.1. The van der Waals surface area contributed by atoms with Gasteiger partial charge in [0.1, 0.15) is 0 Å². The highest BCUT2D eigenvalue weighted by Gasteiger charge is 2.21. The van der Waals surface area contributed by atoms with Gasteiger partial charge in [0, 0.05) is 10.2 Å². The number of primary amides is 1. The molecule has 6 heteroatoms. The van der Waals surface area contributed by atoms with Crippen molar-refractivity contribution in [2.24, 2.45) is 5.73 Å². The van der Waals surface area contributed by atoms with Gasteiger partial charge in [-0.05, 0) is 39.5 Å². The summed E-state index contributed by atoms with van der Waals surface area (Å²) < 4.78 is 14.6. The van der Waals surface area contributed by atoms with Gasteiger partial charge in [-0.25, -0.2) is 4.39 Å². The van der Waals surface area contributed by atoms with Crippen molar-refractivity contribution >= 4 is 44.8 Å². The molecule has 0 aliphatic carbocycles. The van der Waals surface area contributed by atoms with Crippen LogP contribution in [-0.4, -0.2) is 5.91 Å². The number of anilines is 2. The molecule has 3 nitrogen and oxygen atoms in total. The predicted octanol–water partition coefficient (Wildman–Crippen LogP) is 5.21. The molecule has 2 rings (SSSR count). The quantitative estimate of drug-likeness (QED) is 0.710. The maximum absolute atomic E-state index is 14.2. The number of amides is 1. The maximum atomic E-state index is 14.2. The molecule has 0 fully saturated rings. The van der Waals surface area contributed by atoms with E-state index >= 15 is 0 Å². The Bertz CT molecular complexity index is 734. The van der Waals surface area contributed by atoms with Crippen LogP contribution in [0.4, 0.5) is 15.8 Å². The fourth-order valence-corrected chi connectivity index (χ4v) is 2.75. The third-order valence-electron chi connectivity index (χ3n) is 3.26. The molecule has 0 spiro atoms. The number of nitrogens with one attached hydrogen (secondary N) is 1. The van der Waals surface area contributed by atoms with Crippen molar-refractivity contribution in [2.45, 2.75) is 19.8 Å². The van der Waals surface area contributed by atoms with E-state index in [9.17, 15) is 9.18 Å². The Morgan fingerprint density at radius 1 is 1.32 bits per heavy atom. The Morgan fingerprint density at radius 2 is 1.95 bits per heavy atom. The Morgan fingerprint density at radius 3 is 2.55 bits per heavy atom. The van der Waals surface area contributed by atoms with Crippen LogP contribution in [0.3, 0.4) is 0 Å². The molecule has 116 valence electrons. The first-order valence-electron chi connectivity index (χ1n) is 6.66. The second kappa shape index (κ2) is 6.67. The molecule has 0 saturated carbocycles. The number of benzene rings is 2. The van der Waals surface area contributed by atoms with Gasteiger partial charge in [0.15, 0.2) is 5.82 Å². The highest BCUT2D eigenvalue weighted by molar-refractivity contribution is 9.10. The second-order valence-electron chi connectivity index (χ2n) is 5.14. The molecular formula is C16H15BrClFN2O. The van der Waals surface area contributed by atoms with Crippen LogP contribution in [0.25, 0.3) is 0 Å². The molecule has 1 amide bonds. The Hall–Kier alpha value is -1.59. The lowest BCUT2D eigenvalue weighted by atomic mass is 10.0. The van der Waals surface area contributed by atoms with Crippen molar-refractivity contribution < 1.29 is 9.18 Å². The number of nitrogens with two attached hydrogens (primary N) is 1. The van der Waals surface area contributed by atoms with Crippen LogP contribution in [0.5, 0.6) is 0 Å². The lowest BCUT2D eigenvalue weighted by Crippen LogP contribution is -2.16. The first-order valence-corrected chi connectivity index (χ1v) is 7.83. The number of halogens is 3. The number of hydrogen-bond acceptors (Lipinski definition) is 2. The molecule has 0 heterocycles. The molecule has 0 saturated heterocycles. The summed E-state index contributed by atoms with van der Waals surface area (Å²) in [5, 5.41) is 2.91. The predicted molar refractivity (Wildman–Crippen MR) is 91.4 cm³/mol. The maximum Gasteiger partial charge on any atom is 0.253 e. The van der Waals surface area contributed by atoms with Gasteiger partial charge >= 0.3 is 0 Å². The van der Waals surface area contributed by atoms with Gasteiger partial charge in [0.2, 0.25) is 0 Å². The van der Waals surface area contributed by atoms with E-state index in [0.717, 1.165) is 11.3 Å². The number of carbonyl (C=O) groups excluding carboxylic acids is 1. The SMILES string of the molecule is CC(C)c1ccccc1Nc1cc(Br)c(Cl)c(F)c1C(N)=O. The van der Waals surface area contributed by atoms with E-state index in [2.05, 4.69) is 21.2 Å². The van der Waals surface area contributed by atoms with Crippen molar-refractivity contribution in [3.8, 4) is 0 Å². The van der Waals surface area contributed by atoms with Crippen LogP contribution in [0.15, 0.2) is 34.8 Å². The third kappa shape index (κ3) is 3.25. The minimum absolute atomic E-state index is 0.170. The second-order valence-corrected chi connectivity index (χ2v) is 6.37. The molecule has 0 aliphatic rings. The van der Waals surface area contributed by atoms with E-state index in [1.807, 2.05) is 38.1 Å². The van der Waals surface area contributed by atoms with Crippen molar-refractivity contribution in [2.75, 3.05) is 5.32 Å². The fraction of sp³-hybridized carbons (Fsp3) is 0.188. The van der Waals surface area contributed by atoms with E-state index in [-0.39, 0.29) is 22.2 Å².